The van der Waals surface area contributed by atoms with Crippen LogP contribution >= 0.6 is 0 Å². The van der Waals surface area contributed by atoms with Gasteiger partial charge in [0, 0.05) is 17.8 Å². The number of hydrogen-bond donors (Lipinski definition) is 3. The van der Waals surface area contributed by atoms with Crippen molar-refractivity contribution in [1.82, 2.24) is 15.5 Å². The number of H-pyrrole nitrogens is 1. The lowest BCUT2D eigenvalue weighted by atomic mass is 9.83. The third-order valence-electron chi connectivity index (χ3n) is 4.56. The number of nitrogens with zero attached hydrogens (tertiary/aromatic N) is 1. The molecule has 2 rings (SSSR count). The Hall–Kier alpha value is -1.36. The Morgan fingerprint density at radius 3 is 2.81 bits per heavy atom. The summed E-state index contributed by atoms with van der Waals surface area (Å²) in [6, 6.07) is 0. The summed E-state index contributed by atoms with van der Waals surface area (Å²) in [5, 5.41) is 19.9. The number of aryl methyl sites for hydroxylation is 2. The van der Waals surface area contributed by atoms with Crippen molar-refractivity contribution in [3.63, 3.8) is 0 Å². The van der Waals surface area contributed by atoms with Crippen LogP contribution in [-0.2, 0) is 11.2 Å². The van der Waals surface area contributed by atoms with Crippen LogP contribution in [0.3, 0.4) is 0 Å². The smallest absolute Gasteiger partial charge is 0.224 e. The highest BCUT2D eigenvalue weighted by Crippen LogP contribution is 2.27. The number of aromatic amines is 1. The van der Waals surface area contributed by atoms with Crippen LogP contribution in [0.5, 0.6) is 0 Å². The minimum atomic E-state index is -0.134. The molecule has 0 bridgehead atoms. The SMILES string of the molecule is Cc1n[nH]c(C)c1CC(=O)NCCC[C@H]1CCCC[C@H]1O. The first kappa shape index (κ1) is 16.0. The van der Waals surface area contributed by atoms with Gasteiger partial charge < -0.3 is 10.4 Å². The van der Waals surface area contributed by atoms with Crippen molar-refractivity contribution >= 4 is 5.91 Å². The molecule has 3 N–H and O–H groups in total. The zero-order chi connectivity index (χ0) is 15.2. The predicted molar refractivity (Wildman–Crippen MR) is 82.0 cm³/mol. The van der Waals surface area contributed by atoms with Gasteiger partial charge in [-0.3, -0.25) is 9.89 Å². The van der Waals surface area contributed by atoms with Crippen LogP contribution in [0.4, 0.5) is 0 Å². The molecule has 0 spiro atoms. The summed E-state index contributed by atoms with van der Waals surface area (Å²) in [4.78, 5) is 11.9. The second kappa shape index (κ2) is 7.59. The number of aliphatic hydroxyl groups is 1. The number of rotatable bonds is 6. The van der Waals surface area contributed by atoms with E-state index in [1.165, 1.54) is 6.42 Å². The van der Waals surface area contributed by atoms with Gasteiger partial charge in [-0.25, -0.2) is 0 Å². The van der Waals surface area contributed by atoms with Crippen molar-refractivity contribution in [2.45, 2.75) is 64.9 Å². The number of hydrogen-bond acceptors (Lipinski definition) is 3. The van der Waals surface area contributed by atoms with E-state index in [2.05, 4.69) is 15.5 Å². The largest absolute Gasteiger partial charge is 0.393 e. The predicted octanol–water partition coefficient (Wildman–Crippen LogP) is 2.02. The van der Waals surface area contributed by atoms with Crippen molar-refractivity contribution in [2.24, 2.45) is 5.92 Å². The highest BCUT2D eigenvalue weighted by Gasteiger charge is 2.22. The average Bonchev–Trinajstić information content (AvgIpc) is 2.77. The molecule has 2 atom stereocenters. The molecule has 1 aliphatic carbocycles. The number of carbonyl (C=O) groups is 1. The first-order chi connectivity index (χ1) is 10.1. The Kier molecular flexibility index (Phi) is 5.79. The maximum atomic E-state index is 11.9. The molecule has 1 aromatic heterocycles. The lowest BCUT2D eigenvalue weighted by molar-refractivity contribution is -0.120. The molecule has 1 saturated carbocycles. The zero-order valence-electron chi connectivity index (χ0n) is 13.1. The van der Waals surface area contributed by atoms with Gasteiger partial charge in [-0.05, 0) is 45.4 Å². The minimum Gasteiger partial charge on any atom is -0.393 e. The fraction of sp³-hybridized carbons (Fsp3) is 0.750. The fourth-order valence-corrected chi connectivity index (χ4v) is 3.17. The summed E-state index contributed by atoms with van der Waals surface area (Å²) in [7, 11) is 0. The lowest BCUT2D eigenvalue weighted by Crippen LogP contribution is -2.29. The van der Waals surface area contributed by atoms with E-state index < -0.39 is 0 Å². The van der Waals surface area contributed by atoms with Crippen LogP contribution < -0.4 is 5.32 Å². The van der Waals surface area contributed by atoms with E-state index in [0.29, 0.717) is 18.9 Å². The first-order valence-electron chi connectivity index (χ1n) is 8.03. The Morgan fingerprint density at radius 1 is 1.38 bits per heavy atom. The molecule has 1 amide bonds. The molecule has 118 valence electrons. The Morgan fingerprint density at radius 2 is 2.14 bits per heavy atom. The number of aliphatic hydroxyl groups excluding tert-OH is 1. The standard InChI is InChI=1S/C16H27N3O2/c1-11-14(12(2)19-18-11)10-16(21)17-9-5-7-13-6-3-4-8-15(13)20/h13,15,20H,3-10H2,1-2H3,(H,17,21)(H,18,19)/t13-,15-/m1/s1. The van der Waals surface area contributed by atoms with Crippen LogP contribution in [0.2, 0.25) is 0 Å². The van der Waals surface area contributed by atoms with Crippen molar-refractivity contribution < 1.29 is 9.90 Å². The molecule has 0 aromatic carbocycles. The van der Waals surface area contributed by atoms with Gasteiger partial charge in [0.25, 0.3) is 0 Å². The number of nitrogens with one attached hydrogen (secondary N) is 2. The molecule has 1 aromatic rings. The second-order valence-electron chi connectivity index (χ2n) is 6.19. The first-order valence-corrected chi connectivity index (χ1v) is 8.03. The van der Waals surface area contributed by atoms with Gasteiger partial charge in [-0.1, -0.05) is 12.8 Å². The van der Waals surface area contributed by atoms with Gasteiger partial charge >= 0.3 is 0 Å². The lowest BCUT2D eigenvalue weighted by Gasteiger charge is -2.27. The van der Waals surface area contributed by atoms with Crippen LogP contribution in [-0.4, -0.2) is 33.9 Å². The Labute approximate surface area is 126 Å². The number of aromatic nitrogens is 2. The molecule has 5 nitrogen and oxygen atoms in total. The maximum Gasteiger partial charge on any atom is 0.224 e. The van der Waals surface area contributed by atoms with Crippen molar-refractivity contribution in [2.75, 3.05) is 6.54 Å². The second-order valence-corrected chi connectivity index (χ2v) is 6.19. The summed E-state index contributed by atoms with van der Waals surface area (Å²) in [6.07, 6.45) is 6.65. The minimum absolute atomic E-state index is 0.0480. The Balaban J connectivity index is 1.65. The zero-order valence-corrected chi connectivity index (χ0v) is 13.1. The van der Waals surface area contributed by atoms with Gasteiger partial charge in [0.1, 0.15) is 0 Å². The average molecular weight is 293 g/mol. The summed E-state index contributed by atoms with van der Waals surface area (Å²) in [6.45, 7) is 4.54. The van der Waals surface area contributed by atoms with Gasteiger partial charge in [-0.2, -0.15) is 5.10 Å². The summed E-state index contributed by atoms with van der Waals surface area (Å²) < 4.78 is 0. The number of carbonyl (C=O) groups excluding carboxylic acids is 1. The van der Waals surface area contributed by atoms with E-state index in [9.17, 15) is 9.90 Å². The van der Waals surface area contributed by atoms with Crippen LogP contribution in [0.25, 0.3) is 0 Å². The fourth-order valence-electron chi connectivity index (χ4n) is 3.17. The van der Waals surface area contributed by atoms with Crippen LogP contribution in [0, 0.1) is 19.8 Å². The molecule has 1 heterocycles. The van der Waals surface area contributed by atoms with Gasteiger partial charge in [0.15, 0.2) is 0 Å². The van der Waals surface area contributed by atoms with Crippen molar-refractivity contribution in [3.8, 4) is 0 Å². The molecule has 0 saturated heterocycles. The van der Waals surface area contributed by atoms with Gasteiger partial charge in [-0.15, -0.1) is 0 Å². The molecule has 0 unspecified atom stereocenters. The third-order valence-corrected chi connectivity index (χ3v) is 4.56. The van der Waals surface area contributed by atoms with Crippen LogP contribution in [0.15, 0.2) is 0 Å². The van der Waals surface area contributed by atoms with Crippen molar-refractivity contribution in [3.05, 3.63) is 17.0 Å². The van der Waals surface area contributed by atoms with E-state index in [1.54, 1.807) is 0 Å². The summed E-state index contributed by atoms with van der Waals surface area (Å²) >= 11 is 0. The maximum absolute atomic E-state index is 11.9. The van der Waals surface area contributed by atoms with E-state index in [1.807, 2.05) is 13.8 Å². The van der Waals surface area contributed by atoms with Crippen LogP contribution in [0.1, 0.15) is 55.5 Å². The highest BCUT2D eigenvalue weighted by atomic mass is 16.3. The third kappa shape index (κ3) is 4.56. The van der Waals surface area contributed by atoms with E-state index in [0.717, 1.165) is 49.1 Å². The number of amides is 1. The summed E-state index contributed by atoms with van der Waals surface area (Å²) in [5.41, 5.74) is 2.86. The molecule has 0 radical (unpaired) electrons. The Bertz CT molecular complexity index is 451. The van der Waals surface area contributed by atoms with E-state index >= 15 is 0 Å². The van der Waals surface area contributed by atoms with Crippen molar-refractivity contribution in [1.29, 1.82) is 0 Å². The van der Waals surface area contributed by atoms with Gasteiger partial charge in [0.2, 0.25) is 5.91 Å². The monoisotopic (exact) mass is 293 g/mol. The molecular weight excluding hydrogens is 266 g/mol. The van der Waals surface area contributed by atoms with E-state index in [4.69, 9.17) is 0 Å². The molecule has 1 fully saturated rings. The topological polar surface area (TPSA) is 78.0 Å². The van der Waals surface area contributed by atoms with Gasteiger partial charge in [0.05, 0.1) is 18.2 Å². The van der Waals surface area contributed by atoms with E-state index in [-0.39, 0.29) is 12.0 Å². The highest BCUT2D eigenvalue weighted by molar-refractivity contribution is 5.79. The molecule has 0 aliphatic heterocycles. The normalized spacial score (nSPS) is 22.2. The molecule has 5 heteroatoms. The molecule has 21 heavy (non-hydrogen) atoms. The summed E-state index contributed by atoms with van der Waals surface area (Å²) in [5.74, 6) is 0.473. The molecule has 1 aliphatic rings. The molecular formula is C16H27N3O2. The quantitative estimate of drug-likeness (QED) is 0.702.